The average molecular weight is 417 g/mol. The van der Waals surface area contributed by atoms with E-state index >= 15 is 0 Å². The molecule has 3 aromatic rings. The highest BCUT2D eigenvalue weighted by Crippen LogP contribution is 2.23. The summed E-state index contributed by atoms with van der Waals surface area (Å²) in [7, 11) is 0. The smallest absolute Gasteiger partial charge is 0.256 e. The van der Waals surface area contributed by atoms with E-state index in [9.17, 15) is 4.79 Å². The number of ether oxygens (including phenoxy) is 2. The summed E-state index contributed by atoms with van der Waals surface area (Å²) in [5.41, 5.74) is 3.36. The molecule has 1 fully saturated rings. The molecule has 4 rings (SSSR count). The predicted molar refractivity (Wildman–Crippen MR) is 124 cm³/mol. The van der Waals surface area contributed by atoms with Crippen molar-refractivity contribution < 1.29 is 14.3 Å². The molecule has 0 aromatic heterocycles. The van der Waals surface area contributed by atoms with Crippen molar-refractivity contribution in [3.05, 3.63) is 90.0 Å². The maximum atomic E-state index is 12.9. The summed E-state index contributed by atoms with van der Waals surface area (Å²) >= 11 is 0. The van der Waals surface area contributed by atoms with E-state index in [2.05, 4.69) is 24.1 Å². The lowest BCUT2D eigenvalue weighted by Crippen LogP contribution is -2.45. The first-order chi connectivity index (χ1) is 15.1. The molecule has 2 unspecified atom stereocenters. The summed E-state index contributed by atoms with van der Waals surface area (Å²) in [6.07, 6.45) is 0.412. The highest BCUT2D eigenvalue weighted by Gasteiger charge is 2.22. The fourth-order valence-corrected chi connectivity index (χ4v) is 3.89. The van der Waals surface area contributed by atoms with Gasteiger partial charge in [-0.1, -0.05) is 36.4 Å². The second kappa shape index (κ2) is 9.67. The number of nitrogens with zero attached hydrogens (tertiary/aromatic N) is 1. The van der Waals surface area contributed by atoms with Crippen LogP contribution < -0.4 is 15.0 Å². The molecule has 0 radical (unpaired) electrons. The number of hydrogen-bond donors (Lipinski definition) is 1. The Morgan fingerprint density at radius 2 is 1.58 bits per heavy atom. The van der Waals surface area contributed by atoms with Gasteiger partial charge in [0.15, 0.2) is 0 Å². The van der Waals surface area contributed by atoms with Crippen LogP contribution in [0.3, 0.4) is 0 Å². The Kier molecular flexibility index (Phi) is 6.53. The number of morpholine rings is 1. The zero-order valence-electron chi connectivity index (χ0n) is 18.0. The Hall–Kier alpha value is -3.31. The lowest BCUT2D eigenvalue weighted by Gasteiger charge is -2.36. The van der Waals surface area contributed by atoms with E-state index < -0.39 is 0 Å². The third kappa shape index (κ3) is 5.44. The predicted octanol–water partition coefficient (Wildman–Crippen LogP) is 5.13. The van der Waals surface area contributed by atoms with E-state index in [4.69, 9.17) is 9.47 Å². The van der Waals surface area contributed by atoms with Gasteiger partial charge in [0.05, 0.1) is 12.2 Å². The lowest BCUT2D eigenvalue weighted by atomic mass is 10.1. The molecule has 2 atom stereocenters. The molecular formula is C26H28N2O3. The van der Waals surface area contributed by atoms with Crippen LogP contribution in [0.4, 0.5) is 11.4 Å². The summed E-state index contributed by atoms with van der Waals surface area (Å²) in [6, 6.07) is 25.1. The number of nitrogens with one attached hydrogen (secondary N) is 1. The number of benzene rings is 3. The molecule has 5 heteroatoms. The molecule has 1 heterocycles. The van der Waals surface area contributed by atoms with E-state index in [1.807, 2.05) is 78.9 Å². The van der Waals surface area contributed by atoms with E-state index in [1.54, 1.807) is 0 Å². The van der Waals surface area contributed by atoms with Gasteiger partial charge in [-0.05, 0) is 56.3 Å². The fourth-order valence-electron chi connectivity index (χ4n) is 3.89. The molecule has 31 heavy (non-hydrogen) atoms. The van der Waals surface area contributed by atoms with Crippen LogP contribution in [0, 0.1) is 0 Å². The van der Waals surface area contributed by atoms with Crippen LogP contribution >= 0.6 is 0 Å². The summed E-state index contributed by atoms with van der Waals surface area (Å²) in [6.45, 7) is 6.25. The topological polar surface area (TPSA) is 50.8 Å². The fraction of sp³-hybridized carbons (Fsp3) is 0.269. The molecule has 1 amide bonds. The quantitative estimate of drug-likeness (QED) is 0.605. The first kappa shape index (κ1) is 20.9. The highest BCUT2D eigenvalue weighted by atomic mass is 16.5. The van der Waals surface area contributed by atoms with Gasteiger partial charge in [-0.2, -0.15) is 0 Å². The molecule has 5 nitrogen and oxygen atoms in total. The zero-order valence-corrected chi connectivity index (χ0v) is 18.0. The molecule has 160 valence electrons. The average Bonchev–Trinajstić information content (AvgIpc) is 2.78. The molecule has 3 aromatic carbocycles. The van der Waals surface area contributed by atoms with E-state index in [1.165, 1.54) is 0 Å². The summed E-state index contributed by atoms with van der Waals surface area (Å²) < 4.78 is 11.7. The zero-order chi connectivity index (χ0) is 21.6. The first-order valence-corrected chi connectivity index (χ1v) is 10.7. The minimum Gasteiger partial charge on any atom is -0.489 e. The number of carbonyl (C=O) groups excluding carboxylic acids is 1. The molecule has 0 spiro atoms. The Labute approximate surface area is 183 Å². The van der Waals surface area contributed by atoms with E-state index in [-0.39, 0.29) is 18.1 Å². The second-order valence-electron chi connectivity index (χ2n) is 7.92. The Morgan fingerprint density at radius 1 is 0.935 bits per heavy atom. The SMILES string of the molecule is CC1CN(c2ccc(NC(=O)c3ccccc3COc3ccccc3)cc2)CC(C)O1. The van der Waals surface area contributed by atoms with Gasteiger partial charge in [-0.25, -0.2) is 0 Å². The van der Waals surface area contributed by atoms with Crippen molar-refractivity contribution in [3.63, 3.8) is 0 Å². The first-order valence-electron chi connectivity index (χ1n) is 10.7. The van der Waals surface area contributed by atoms with Crippen LogP contribution in [-0.2, 0) is 11.3 Å². The van der Waals surface area contributed by atoms with Crippen LogP contribution in [0.25, 0.3) is 0 Å². The maximum absolute atomic E-state index is 12.9. The largest absolute Gasteiger partial charge is 0.489 e. The van der Waals surface area contributed by atoms with Gasteiger partial charge in [0, 0.05) is 35.6 Å². The van der Waals surface area contributed by atoms with Crippen molar-refractivity contribution in [2.45, 2.75) is 32.7 Å². The van der Waals surface area contributed by atoms with E-state index in [0.29, 0.717) is 12.2 Å². The minimum atomic E-state index is -0.145. The Balaban J connectivity index is 1.41. The number of hydrogen-bond acceptors (Lipinski definition) is 4. The molecule has 1 N–H and O–H groups in total. The molecule has 1 saturated heterocycles. The third-order valence-electron chi connectivity index (χ3n) is 5.31. The van der Waals surface area contributed by atoms with Gasteiger partial charge in [0.25, 0.3) is 5.91 Å². The van der Waals surface area contributed by atoms with Crippen molar-refractivity contribution in [1.29, 1.82) is 0 Å². The molecule has 0 aliphatic carbocycles. The van der Waals surface area contributed by atoms with Crippen molar-refractivity contribution >= 4 is 17.3 Å². The summed E-state index contributed by atoms with van der Waals surface area (Å²) in [4.78, 5) is 15.2. The van der Waals surface area contributed by atoms with Crippen molar-refractivity contribution in [3.8, 4) is 5.75 Å². The van der Waals surface area contributed by atoms with Crippen molar-refractivity contribution in [1.82, 2.24) is 0 Å². The Bertz CT molecular complexity index is 995. The van der Waals surface area contributed by atoms with Gasteiger partial charge in [0.1, 0.15) is 12.4 Å². The van der Waals surface area contributed by atoms with Crippen molar-refractivity contribution in [2.24, 2.45) is 0 Å². The monoisotopic (exact) mass is 416 g/mol. The van der Waals surface area contributed by atoms with Crippen LogP contribution in [0.15, 0.2) is 78.9 Å². The molecule has 0 bridgehead atoms. The standard InChI is InChI=1S/C26H28N2O3/c1-19-16-28(17-20(2)31-19)23-14-12-22(13-15-23)27-26(29)25-11-7-6-8-21(25)18-30-24-9-4-3-5-10-24/h3-15,19-20H,16-18H2,1-2H3,(H,27,29). The third-order valence-corrected chi connectivity index (χ3v) is 5.31. The second-order valence-corrected chi connectivity index (χ2v) is 7.92. The normalized spacial score (nSPS) is 18.5. The number of para-hydroxylation sites is 1. The van der Waals surface area contributed by atoms with Gasteiger partial charge >= 0.3 is 0 Å². The summed E-state index contributed by atoms with van der Waals surface area (Å²) in [5, 5.41) is 3.01. The molecule has 1 aliphatic heterocycles. The molecule has 1 aliphatic rings. The van der Waals surface area contributed by atoms with Crippen molar-refractivity contribution in [2.75, 3.05) is 23.3 Å². The molecular weight excluding hydrogens is 388 g/mol. The highest BCUT2D eigenvalue weighted by molar-refractivity contribution is 6.05. The van der Waals surface area contributed by atoms with Gasteiger partial charge in [0.2, 0.25) is 0 Å². The summed E-state index contributed by atoms with van der Waals surface area (Å²) in [5.74, 6) is 0.633. The van der Waals surface area contributed by atoms with Gasteiger partial charge < -0.3 is 19.7 Å². The van der Waals surface area contributed by atoms with Crippen LogP contribution in [-0.4, -0.2) is 31.2 Å². The molecule has 0 saturated carbocycles. The number of carbonyl (C=O) groups is 1. The van der Waals surface area contributed by atoms with Crippen LogP contribution in [0.5, 0.6) is 5.75 Å². The van der Waals surface area contributed by atoms with Gasteiger partial charge in [-0.3, -0.25) is 4.79 Å². The lowest BCUT2D eigenvalue weighted by molar-refractivity contribution is -0.00521. The Morgan fingerprint density at radius 3 is 2.29 bits per heavy atom. The van der Waals surface area contributed by atoms with E-state index in [0.717, 1.165) is 35.8 Å². The van der Waals surface area contributed by atoms with Crippen LogP contribution in [0.1, 0.15) is 29.8 Å². The number of amides is 1. The van der Waals surface area contributed by atoms with Gasteiger partial charge in [-0.15, -0.1) is 0 Å². The van der Waals surface area contributed by atoms with Crippen LogP contribution in [0.2, 0.25) is 0 Å². The minimum absolute atomic E-state index is 0.145. The number of rotatable bonds is 6. The maximum Gasteiger partial charge on any atom is 0.256 e. The number of anilines is 2.